The Hall–Kier alpha value is -2.19. The quantitative estimate of drug-likeness (QED) is 0.789. The van der Waals surface area contributed by atoms with Crippen molar-refractivity contribution in [2.45, 2.75) is 23.8 Å². The Bertz CT molecular complexity index is 861. The minimum Gasteiger partial charge on any atom is -0.356 e. The van der Waals surface area contributed by atoms with E-state index in [2.05, 4.69) is 15.0 Å². The average Bonchev–Trinajstić information content (AvgIpc) is 3.16. The van der Waals surface area contributed by atoms with Crippen molar-refractivity contribution in [2.75, 3.05) is 7.05 Å². The van der Waals surface area contributed by atoms with Crippen LogP contribution >= 0.6 is 0 Å². The van der Waals surface area contributed by atoms with Crippen molar-refractivity contribution in [1.29, 1.82) is 0 Å². The van der Waals surface area contributed by atoms with Gasteiger partial charge in [-0.2, -0.15) is 0 Å². The lowest BCUT2D eigenvalue weighted by Crippen LogP contribution is -2.27. The van der Waals surface area contributed by atoms with Gasteiger partial charge in [-0.3, -0.25) is 4.79 Å². The Morgan fingerprint density at radius 2 is 2.17 bits per heavy atom. The lowest BCUT2D eigenvalue weighted by atomic mass is 10.1. The minimum atomic E-state index is -3.60. The molecule has 0 saturated carbocycles. The first-order valence-electron chi connectivity index (χ1n) is 7.12. The van der Waals surface area contributed by atoms with E-state index in [0.29, 0.717) is 18.4 Å². The molecule has 1 atom stereocenters. The van der Waals surface area contributed by atoms with Gasteiger partial charge in [-0.25, -0.2) is 17.5 Å². The summed E-state index contributed by atoms with van der Waals surface area (Å²) in [5.41, 5.74) is 1.54. The fourth-order valence-electron chi connectivity index (χ4n) is 2.77. The van der Waals surface area contributed by atoms with Crippen molar-refractivity contribution in [1.82, 2.24) is 15.0 Å². The molecule has 1 aromatic heterocycles. The van der Waals surface area contributed by atoms with E-state index < -0.39 is 15.9 Å². The molecule has 122 valence electrons. The third kappa shape index (κ3) is 2.87. The number of benzene rings is 1. The van der Waals surface area contributed by atoms with Crippen LogP contribution in [0.3, 0.4) is 0 Å². The van der Waals surface area contributed by atoms with Gasteiger partial charge in [-0.15, -0.1) is 0 Å². The van der Waals surface area contributed by atoms with E-state index in [1.165, 1.54) is 25.4 Å². The van der Waals surface area contributed by atoms with Crippen molar-refractivity contribution >= 4 is 15.9 Å². The molecule has 0 saturated heterocycles. The van der Waals surface area contributed by atoms with Gasteiger partial charge in [0.2, 0.25) is 10.0 Å². The summed E-state index contributed by atoms with van der Waals surface area (Å²) in [6, 6.07) is 5.80. The highest BCUT2D eigenvalue weighted by atomic mass is 32.2. The van der Waals surface area contributed by atoms with Crippen molar-refractivity contribution < 1.29 is 17.6 Å². The van der Waals surface area contributed by atoms with Gasteiger partial charge < -0.3 is 10.3 Å². The molecule has 1 heterocycles. The van der Waals surface area contributed by atoms with E-state index in [1.807, 2.05) is 0 Å². The molecule has 0 fully saturated rings. The molecule has 1 aliphatic carbocycles. The number of carbonyl (C=O) groups is 1. The highest BCUT2D eigenvalue weighted by molar-refractivity contribution is 7.89. The number of halogens is 1. The Balaban J connectivity index is 1.78. The molecule has 0 spiro atoms. The third-order valence-electron chi connectivity index (χ3n) is 4.00. The summed E-state index contributed by atoms with van der Waals surface area (Å²) >= 11 is 0. The zero-order chi connectivity index (χ0) is 16.6. The topological polar surface area (TPSA) is 91.1 Å². The standard InChI is InChI=1S/C15H16FN3O3S/c1-17-23(21,22)9-7-14(18-8-9)15(20)19-13-6-5-10-11(13)3-2-4-12(10)16/h2-4,7-8,13,17-18H,5-6H2,1H3,(H,19,20)/t13-/m0/s1. The molecule has 0 bridgehead atoms. The number of fused-ring (bicyclic) bond motifs is 1. The van der Waals surface area contributed by atoms with Crippen molar-refractivity contribution in [2.24, 2.45) is 0 Å². The second kappa shape index (κ2) is 5.78. The lowest BCUT2D eigenvalue weighted by Gasteiger charge is -2.13. The number of nitrogens with one attached hydrogen (secondary N) is 3. The molecule has 0 aliphatic heterocycles. The predicted molar refractivity (Wildman–Crippen MR) is 82.0 cm³/mol. The van der Waals surface area contributed by atoms with E-state index in [1.54, 1.807) is 12.1 Å². The van der Waals surface area contributed by atoms with E-state index in [-0.39, 0.29) is 22.4 Å². The number of hydrogen-bond donors (Lipinski definition) is 3. The van der Waals surface area contributed by atoms with Crippen molar-refractivity contribution in [3.63, 3.8) is 0 Å². The molecular formula is C15H16FN3O3S. The van der Waals surface area contributed by atoms with Gasteiger partial charge in [0.1, 0.15) is 16.4 Å². The Kier molecular flexibility index (Phi) is 3.95. The molecule has 0 radical (unpaired) electrons. The molecule has 6 nitrogen and oxygen atoms in total. The first kappa shape index (κ1) is 15.7. The summed E-state index contributed by atoms with van der Waals surface area (Å²) in [6.07, 6.45) is 2.43. The maximum absolute atomic E-state index is 13.7. The zero-order valence-electron chi connectivity index (χ0n) is 12.4. The Labute approximate surface area is 133 Å². The smallest absolute Gasteiger partial charge is 0.268 e. The minimum absolute atomic E-state index is 0.0111. The van der Waals surface area contributed by atoms with Gasteiger partial charge in [0, 0.05) is 6.20 Å². The predicted octanol–water partition coefficient (Wildman–Crippen LogP) is 1.48. The highest BCUT2D eigenvalue weighted by Gasteiger charge is 2.27. The van der Waals surface area contributed by atoms with E-state index in [0.717, 1.165) is 5.56 Å². The number of amides is 1. The van der Waals surface area contributed by atoms with Crippen LogP contribution in [0.15, 0.2) is 35.4 Å². The fourth-order valence-corrected chi connectivity index (χ4v) is 3.50. The molecule has 3 rings (SSSR count). The van der Waals surface area contributed by atoms with Crippen LogP contribution in [0.25, 0.3) is 0 Å². The number of H-pyrrole nitrogens is 1. The Morgan fingerprint density at radius 3 is 2.91 bits per heavy atom. The van der Waals surface area contributed by atoms with Crippen molar-refractivity contribution in [3.05, 3.63) is 53.1 Å². The first-order valence-corrected chi connectivity index (χ1v) is 8.61. The zero-order valence-corrected chi connectivity index (χ0v) is 13.2. The average molecular weight is 337 g/mol. The monoisotopic (exact) mass is 337 g/mol. The van der Waals surface area contributed by atoms with Crippen molar-refractivity contribution in [3.8, 4) is 0 Å². The van der Waals surface area contributed by atoms with Crippen LogP contribution in [0.1, 0.15) is 34.1 Å². The summed E-state index contributed by atoms with van der Waals surface area (Å²) in [4.78, 5) is 14.9. The maximum Gasteiger partial charge on any atom is 0.268 e. The second-order valence-corrected chi connectivity index (χ2v) is 7.22. The van der Waals surface area contributed by atoms with E-state index >= 15 is 0 Å². The summed E-state index contributed by atoms with van der Waals surface area (Å²) in [5.74, 6) is -0.689. The second-order valence-electron chi connectivity index (χ2n) is 5.33. The van der Waals surface area contributed by atoms with Gasteiger partial charge in [0.05, 0.1) is 6.04 Å². The number of rotatable bonds is 4. The molecule has 1 aromatic carbocycles. The fraction of sp³-hybridized carbons (Fsp3) is 0.267. The van der Waals surface area contributed by atoms with Gasteiger partial charge in [0.15, 0.2) is 0 Å². The molecule has 1 amide bonds. The maximum atomic E-state index is 13.7. The highest BCUT2D eigenvalue weighted by Crippen LogP contribution is 2.32. The van der Waals surface area contributed by atoms with Crippen LogP contribution < -0.4 is 10.0 Å². The first-order chi connectivity index (χ1) is 10.9. The summed E-state index contributed by atoms with van der Waals surface area (Å²) in [7, 11) is -2.31. The number of sulfonamides is 1. The molecule has 3 N–H and O–H groups in total. The van der Waals surface area contributed by atoms with E-state index in [9.17, 15) is 17.6 Å². The van der Waals surface area contributed by atoms with Crippen LogP contribution in [0, 0.1) is 5.82 Å². The van der Waals surface area contributed by atoms with Crippen LogP contribution in [0.4, 0.5) is 4.39 Å². The third-order valence-corrected chi connectivity index (χ3v) is 5.39. The van der Waals surface area contributed by atoms with Gasteiger partial charge in [-0.05, 0) is 43.1 Å². The molecule has 0 unspecified atom stereocenters. The molecule has 2 aromatic rings. The Morgan fingerprint density at radius 1 is 1.39 bits per heavy atom. The van der Waals surface area contributed by atoms with Crippen LogP contribution in [-0.4, -0.2) is 26.4 Å². The van der Waals surface area contributed by atoms with Gasteiger partial charge in [0.25, 0.3) is 5.91 Å². The largest absolute Gasteiger partial charge is 0.356 e. The summed E-state index contributed by atoms with van der Waals surface area (Å²) in [5, 5.41) is 2.81. The van der Waals surface area contributed by atoms with Gasteiger partial charge >= 0.3 is 0 Å². The molecule has 1 aliphatic rings. The SMILES string of the molecule is CNS(=O)(=O)c1c[nH]c(C(=O)N[C@H]2CCc3c(F)cccc32)c1. The summed E-state index contributed by atoms with van der Waals surface area (Å²) < 4.78 is 39.2. The van der Waals surface area contributed by atoms with E-state index in [4.69, 9.17) is 0 Å². The number of aromatic nitrogens is 1. The van der Waals surface area contributed by atoms with Gasteiger partial charge in [-0.1, -0.05) is 12.1 Å². The molecule has 23 heavy (non-hydrogen) atoms. The van der Waals surface area contributed by atoms with Crippen LogP contribution in [0.2, 0.25) is 0 Å². The van der Waals surface area contributed by atoms with Crippen LogP contribution in [0.5, 0.6) is 0 Å². The normalized spacial score (nSPS) is 17.0. The molecule has 8 heteroatoms. The number of carbonyl (C=O) groups excluding carboxylic acids is 1. The van der Waals surface area contributed by atoms with Crippen LogP contribution in [-0.2, 0) is 16.4 Å². The summed E-state index contributed by atoms with van der Waals surface area (Å²) in [6.45, 7) is 0. The number of hydrogen-bond acceptors (Lipinski definition) is 3. The lowest BCUT2D eigenvalue weighted by molar-refractivity contribution is 0.0932. The molecular weight excluding hydrogens is 321 g/mol. The number of aromatic amines is 1.